The molecule has 25 heavy (non-hydrogen) atoms. The third kappa shape index (κ3) is 7.22. The highest BCUT2D eigenvalue weighted by molar-refractivity contribution is 5.94. The van der Waals surface area contributed by atoms with Crippen LogP contribution in [0.5, 0.6) is 5.75 Å². The zero-order chi connectivity index (χ0) is 17.2. The van der Waals surface area contributed by atoms with Crippen molar-refractivity contribution in [2.24, 2.45) is 5.73 Å². The number of piperidine rings is 1. The first-order valence-corrected chi connectivity index (χ1v) is 9.08. The van der Waals surface area contributed by atoms with Crippen LogP contribution in [0.4, 0.5) is 0 Å². The Morgan fingerprint density at radius 2 is 1.84 bits per heavy atom. The lowest BCUT2D eigenvalue weighted by Crippen LogP contribution is -2.41. The molecule has 142 valence electrons. The summed E-state index contributed by atoms with van der Waals surface area (Å²) in [4.78, 5) is 14.5. The third-order valence-corrected chi connectivity index (χ3v) is 4.30. The summed E-state index contributed by atoms with van der Waals surface area (Å²) in [5.41, 5.74) is 6.20. The van der Waals surface area contributed by atoms with E-state index in [9.17, 15) is 4.79 Å². The van der Waals surface area contributed by atoms with Gasteiger partial charge in [0.05, 0.1) is 12.7 Å². The van der Waals surface area contributed by atoms with Crippen LogP contribution in [0.1, 0.15) is 49.4 Å². The second kappa shape index (κ2) is 12.1. The molecule has 0 spiro atoms. The number of carbonyl (C=O) groups excluding carboxylic acids is 1. The standard InChI is InChI=1S/C19H30N2O3.ClH/c1-2-3-14-23-17-7-5-16(6-8-17)19(22)21-12-9-18(10-13-21)24-15-4-11-20;/h5-8,18H,2-4,9-15,20H2,1H3;1H. The van der Waals surface area contributed by atoms with Gasteiger partial charge in [-0.25, -0.2) is 0 Å². The van der Waals surface area contributed by atoms with E-state index in [0.717, 1.165) is 63.1 Å². The fourth-order valence-electron chi connectivity index (χ4n) is 2.77. The van der Waals surface area contributed by atoms with Crippen LogP contribution in [-0.2, 0) is 4.74 Å². The van der Waals surface area contributed by atoms with Crippen LogP contribution in [0.25, 0.3) is 0 Å². The van der Waals surface area contributed by atoms with Crippen molar-refractivity contribution in [2.45, 2.75) is 45.1 Å². The third-order valence-electron chi connectivity index (χ3n) is 4.30. The number of likely N-dealkylation sites (tertiary alicyclic amines) is 1. The summed E-state index contributed by atoms with van der Waals surface area (Å²) < 4.78 is 11.4. The molecule has 1 heterocycles. The van der Waals surface area contributed by atoms with Crippen LogP contribution in [0.2, 0.25) is 0 Å². The zero-order valence-corrected chi connectivity index (χ0v) is 15.9. The number of benzene rings is 1. The van der Waals surface area contributed by atoms with Crippen LogP contribution >= 0.6 is 12.4 Å². The topological polar surface area (TPSA) is 64.8 Å². The summed E-state index contributed by atoms with van der Waals surface area (Å²) >= 11 is 0. The Kier molecular flexibility index (Phi) is 10.5. The van der Waals surface area contributed by atoms with Gasteiger partial charge in [0.1, 0.15) is 5.75 Å². The van der Waals surface area contributed by atoms with E-state index in [1.165, 1.54) is 0 Å². The number of rotatable bonds is 9. The summed E-state index contributed by atoms with van der Waals surface area (Å²) in [7, 11) is 0. The molecule has 1 amide bonds. The maximum Gasteiger partial charge on any atom is 0.253 e. The Hall–Kier alpha value is -1.30. The van der Waals surface area contributed by atoms with Gasteiger partial charge < -0.3 is 20.1 Å². The lowest BCUT2D eigenvalue weighted by atomic mass is 10.1. The predicted octanol–water partition coefficient (Wildman–Crippen LogP) is 3.26. The highest BCUT2D eigenvalue weighted by atomic mass is 35.5. The molecule has 1 aromatic carbocycles. The summed E-state index contributed by atoms with van der Waals surface area (Å²) in [6.45, 7) is 5.74. The molecule has 1 aromatic rings. The molecule has 1 saturated heterocycles. The van der Waals surface area contributed by atoms with E-state index >= 15 is 0 Å². The van der Waals surface area contributed by atoms with Gasteiger partial charge in [0.15, 0.2) is 0 Å². The lowest BCUT2D eigenvalue weighted by molar-refractivity contribution is 0.00845. The molecule has 0 radical (unpaired) electrons. The summed E-state index contributed by atoms with van der Waals surface area (Å²) in [6, 6.07) is 7.47. The average Bonchev–Trinajstić information content (AvgIpc) is 2.63. The largest absolute Gasteiger partial charge is 0.494 e. The molecule has 0 bridgehead atoms. The molecule has 0 aliphatic carbocycles. The van der Waals surface area contributed by atoms with Gasteiger partial charge >= 0.3 is 0 Å². The number of halogens is 1. The second-order valence-electron chi connectivity index (χ2n) is 6.23. The van der Waals surface area contributed by atoms with Gasteiger partial charge in [0.25, 0.3) is 5.91 Å². The number of hydrogen-bond acceptors (Lipinski definition) is 4. The first-order valence-electron chi connectivity index (χ1n) is 9.08. The van der Waals surface area contributed by atoms with Gasteiger partial charge in [0.2, 0.25) is 0 Å². The quantitative estimate of drug-likeness (QED) is 0.677. The number of carbonyl (C=O) groups is 1. The van der Waals surface area contributed by atoms with Crippen LogP contribution in [-0.4, -0.2) is 49.8 Å². The van der Waals surface area contributed by atoms with E-state index in [0.29, 0.717) is 13.2 Å². The fourth-order valence-corrected chi connectivity index (χ4v) is 2.77. The van der Waals surface area contributed by atoms with E-state index in [1.807, 2.05) is 29.2 Å². The smallest absolute Gasteiger partial charge is 0.253 e. The molecule has 2 rings (SSSR count). The van der Waals surface area contributed by atoms with E-state index < -0.39 is 0 Å². The molecule has 0 aromatic heterocycles. The van der Waals surface area contributed by atoms with Crippen molar-refractivity contribution in [3.05, 3.63) is 29.8 Å². The fraction of sp³-hybridized carbons (Fsp3) is 0.632. The molecular formula is C19H31ClN2O3. The molecule has 0 saturated carbocycles. The molecule has 5 nitrogen and oxygen atoms in total. The number of amides is 1. The van der Waals surface area contributed by atoms with Gasteiger partial charge in [-0.05, 0) is 56.5 Å². The minimum atomic E-state index is 0. The van der Waals surface area contributed by atoms with E-state index in [1.54, 1.807) is 0 Å². The number of nitrogens with two attached hydrogens (primary N) is 1. The minimum absolute atomic E-state index is 0. The monoisotopic (exact) mass is 370 g/mol. The normalized spacial score (nSPS) is 14.9. The Balaban J connectivity index is 0.00000312. The van der Waals surface area contributed by atoms with Crippen molar-refractivity contribution < 1.29 is 14.3 Å². The number of ether oxygens (including phenoxy) is 2. The minimum Gasteiger partial charge on any atom is -0.494 e. The Morgan fingerprint density at radius 1 is 1.16 bits per heavy atom. The number of nitrogens with zero attached hydrogens (tertiary/aromatic N) is 1. The SMILES string of the molecule is CCCCOc1ccc(C(=O)N2CCC(OCCCN)CC2)cc1.Cl. The van der Waals surface area contributed by atoms with Gasteiger partial charge in [-0.3, -0.25) is 4.79 Å². The van der Waals surface area contributed by atoms with E-state index in [2.05, 4.69) is 6.92 Å². The molecule has 1 fully saturated rings. The first kappa shape index (κ1) is 21.7. The molecule has 2 N–H and O–H groups in total. The van der Waals surface area contributed by atoms with Crippen molar-refractivity contribution in [2.75, 3.05) is 32.8 Å². The van der Waals surface area contributed by atoms with Crippen LogP contribution in [0, 0.1) is 0 Å². The van der Waals surface area contributed by atoms with Gasteiger partial charge in [-0.1, -0.05) is 13.3 Å². The van der Waals surface area contributed by atoms with Crippen LogP contribution in [0.15, 0.2) is 24.3 Å². The average molecular weight is 371 g/mol. The van der Waals surface area contributed by atoms with Gasteiger partial charge in [0, 0.05) is 25.3 Å². The summed E-state index contributed by atoms with van der Waals surface area (Å²) in [5.74, 6) is 0.919. The molecule has 0 atom stereocenters. The molecule has 1 aliphatic heterocycles. The van der Waals surface area contributed by atoms with Crippen LogP contribution in [0.3, 0.4) is 0 Å². The number of unbranched alkanes of at least 4 members (excludes halogenated alkanes) is 1. The lowest BCUT2D eigenvalue weighted by Gasteiger charge is -2.32. The molecule has 6 heteroatoms. The molecule has 0 unspecified atom stereocenters. The maximum absolute atomic E-state index is 12.6. The second-order valence-corrected chi connectivity index (χ2v) is 6.23. The van der Waals surface area contributed by atoms with Crippen molar-refractivity contribution >= 4 is 18.3 Å². The van der Waals surface area contributed by atoms with E-state index in [4.69, 9.17) is 15.2 Å². The molecular weight excluding hydrogens is 340 g/mol. The van der Waals surface area contributed by atoms with Gasteiger partial charge in [-0.15, -0.1) is 12.4 Å². The van der Waals surface area contributed by atoms with Crippen molar-refractivity contribution in [1.82, 2.24) is 4.90 Å². The Labute approximate surface area is 157 Å². The van der Waals surface area contributed by atoms with Crippen molar-refractivity contribution in [3.8, 4) is 5.75 Å². The van der Waals surface area contributed by atoms with Crippen LogP contribution < -0.4 is 10.5 Å². The highest BCUT2D eigenvalue weighted by Gasteiger charge is 2.23. The Bertz CT molecular complexity index is 488. The molecule has 1 aliphatic rings. The van der Waals surface area contributed by atoms with Gasteiger partial charge in [-0.2, -0.15) is 0 Å². The Morgan fingerprint density at radius 3 is 2.44 bits per heavy atom. The maximum atomic E-state index is 12.6. The van der Waals surface area contributed by atoms with Crippen molar-refractivity contribution in [3.63, 3.8) is 0 Å². The predicted molar refractivity (Wildman–Crippen MR) is 103 cm³/mol. The van der Waals surface area contributed by atoms with Crippen molar-refractivity contribution in [1.29, 1.82) is 0 Å². The zero-order valence-electron chi connectivity index (χ0n) is 15.1. The van der Waals surface area contributed by atoms with E-state index in [-0.39, 0.29) is 24.4 Å². The first-order chi connectivity index (χ1) is 11.7. The summed E-state index contributed by atoms with van der Waals surface area (Å²) in [6.07, 6.45) is 5.11. The summed E-state index contributed by atoms with van der Waals surface area (Å²) in [5, 5.41) is 0. The number of hydrogen-bond donors (Lipinski definition) is 1. The highest BCUT2D eigenvalue weighted by Crippen LogP contribution is 2.18.